The maximum atomic E-state index is 5.60. The number of piperidine rings is 1. The van der Waals surface area contributed by atoms with Gasteiger partial charge >= 0.3 is 0 Å². The Bertz CT molecular complexity index is 558. The van der Waals surface area contributed by atoms with Gasteiger partial charge in [0.1, 0.15) is 12.4 Å². The highest BCUT2D eigenvalue weighted by atomic mass is 127. The van der Waals surface area contributed by atoms with Crippen molar-refractivity contribution in [3.05, 3.63) is 29.8 Å². The third-order valence-corrected chi connectivity index (χ3v) is 4.84. The van der Waals surface area contributed by atoms with Crippen molar-refractivity contribution >= 4 is 29.9 Å². The van der Waals surface area contributed by atoms with Crippen LogP contribution in [0.15, 0.2) is 29.3 Å². The number of nitrogens with one attached hydrogen (secondary N) is 2. The second-order valence-electron chi connectivity index (χ2n) is 7.23. The number of likely N-dealkylation sites (tertiary alicyclic amines) is 1. The number of aliphatic imine (C=N–C) groups is 1. The van der Waals surface area contributed by atoms with Gasteiger partial charge in [-0.1, -0.05) is 12.1 Å². The highest BCUT2D eigenvalue weighted by Crippen LogP contribution is 2.14. The molecule has 1 aromatic carbocycles. The third-order valence-electron chi connectivity index (χ3n) is 4.84. The molecule has 0 atom stereocenters. The van der Waals surface area contributed by atoms with Gasteiger partial charge in [-0.05, 0) is 51.3 Å². The van der Waals surface area contributed by atoms with Gasteiger partial charge in [-0.2, -0.15) is 0 Å². The molecule has 28 heavy (non-hydrogen) atoms. The highest BCUT2D eigenvalue weighted by Gasteiger charge is 2.21. The first-order chi connectivity index (χ1) is 13.1. The Morgan fingerprint density at radius 3 is 2.43 bits per heavy atom. The van der Waals surface area contributed by atoms with Gasteiger partial charge in [-0.15, -0.1) is 24.0 Å². The molecule has 6 nitrogen and oxygen atoms in total. The summed E-state index contributed by atoms with van der Waals surface area (Å²) in [5, 5.41) is 6.97. The Labute approximate surface area is 187 Å². The van der Waals surface area contributed by atoms with Crippen LogP contribution >= 0.6 is 24.0 Å². The molecule has 0 amide bonds. The zero-order valence-corrected chi connectivity index (χ0v) is 20.1. The molecule has 2 N–H and O–H groups in total. The standard InChI is InChI=1S/C21H36N4O2.HI/c1-5-22-21(24-19-10-12-25(13-11-19)17(2)3)23-16-18-6-8-20(9-7-18)27-15-14-26-4;/h6-9,17,19H,5,10-16H2,1-4H3,(H2,22,23,24);1H. The predicted octanol–water partition coefficient (Wildman–Crippen LogP) is 3.26. The van der Waals surface area contributed by atoms with Crippen LogP contribution in [0, 0.1) is 0 Å². The highest BCUT2D eigenvalue weighted by molar-refractivity contribution is 14.0. The van der Waals surface area contributed by atoms with Crippen LogP contribution in [0.4, 0.5) is 0 Å². The maximum Gasteiger partial charge on any atom is 0.191 e. The van der Waals surface area contributed by atoms with Crippen molar-refractivity contribution < 1.29 is 9.47 Å². The first kappa shape index (κ1) is 25.0. The van der Waals surface area contributed by atoms with E-state index in [1.165, 1.54) is 5.56 Å². The number of nitrogens with zero attached hydrogens (tertiary/aromatic N) is 2. The Balaban J connectivity index is 0.00000392. The first-order valence-corrected chi connectivity index (χ1v) is 10.1. The van der Waals surface area contributed by atoms with E-state index in [2.05, 4.69) is 48.4 Å². The molecule has 0 aromatic heterocycles. The molecule has 0 bridgehead atoms. The van der Waals surface area contributed by atoms with Crippen LogP contribution in [-0.2, 0) is 11.3 Å². The second-order valence-corrected chi connectivity index (χ2v) is 7.23. The molecule has 1 aliphatic heterocycles. The molecule has 7 heteroatoms. The number of hydrogen-bond acceptors (Lipinski definition) is 4. The number of ether oxygens (including phenoxy) is 2. The number of benzene rings is 1. The van der Waals surface area contributed by atoms with Gasteiger partial charge in [0, 0.05) is 38.8 Å². The van der Waals surface area contributed by atoms with Crippen molar-refractivity contribution in [1.82, 2.24) is 15.5 Å². The Hall–Kier alpha value is -1.06. The van der Waals surface area contributed by atoms with Gasteiger partial charge in [-0.25, -0.2) is 4.99 Å². The van der Waals surface area contributed by atoms with Crippen LogP contribution < -0.4 is 15.4 Å². The van der Waals surface area contributed by atoms with Crippen molar-refractivity contribution in [2.45, 2.75) is 52.2 Å². The molecule has 0 aliphatic carbocycles. The van der Waals surface area contributed by atoms with Gasteiger partial charge in [0.05, 0.1) is 13.2 Å². The molecule has 0 spiro atoms. The van der Waals surface area contributed by atoms with Crippen LogP contribution in [0.2, 0.25) is 0 Å². The van der Waals surface area contributed by atoms with Crippen molar-refractivity contribution in [1.29, 1.82) is 0 Å². The summed E-state index contributed by atoms with van der Waals surface area (Å²) >= 11 is 0. The Kier molecular flexibility index (Phi) is 12.5. The molecule has 2 rings (SSSR count). The number of rotatable bonds is 9. The molecular formula is C21H37IN4O2. The fourth-order valence-corrected chi connectivity index (χ4v) is 3.18. The summed E-state index contributed by atoms with van der Waals surface area (Å²) < 4.78 is 10.6. The van der Waals surface area contributed by atoms with E-state index in [0.717, 1.165) is 44.2 Å². The lowest BCUT2D eigenvalue weighted by molar-refractivity contribution is 0.146. The van der Waals surface area contributed by atoms with E-state index < -0.39 is 0 Å². The first-order valence-electron chi connectivity index (χ1n) is 10.1. The summed E-state index contributed by atoms with van der Waals surface area (Å²) in [5.41, 5.74) is 1.17. The summed E-state index contributed by atoms with van der Waals surface area (Å²) in [4.78, 5) is 7.30. The number of hydrogen-bond donors (Lipinski definition) is 2. The molecule has 1 aromatic rings. The van der Waals surface area contributed by atoms with Gasteiger partial charge in [0.25, 0.3) is 0 Å². The average molecular weight is 504 g/mol. The quantitative estimate of drug-likeness (QED) is 0.234. The minimum atomic E-state index is 0. The summed E-state index contributed by atoms with van der Waals surface area (Å²) in [5.74, 6) is 1.77. The van der Waals surface area contributed by atoms with E-state index in [4.69, 9.17) is 14.5 Å². The molecule has 1 saturated heterocycles. The minimum Gasteiger partial charge on any atom is -0.491 e. The lowest BCUT2D eigenvalue weighted by atomic mass is 10.0. The number of halogens is 1. The molecule has 1 aliphatic rings. The molecular weight excluding hydrogens is 467 g/mol. The largest absolute Gasteiger partial charge is 0.491 e. The van der Waals surface area contributed by atoms with Crippen LogP contribution in [0.25, 0.3) is 0 Å². The fraction of sp³-hybridized carbons (Fsp3) is 0.667. The fourth-order valence-electron chi connectivity index (χ4n) is 3.18. The zero-order chi connectivity index (χ0) is 19.5. The van der Waals surface area contributed by atoms with Crippen LogP contribution in [0.3, 0.4) is 0 Å². The smallest absolute Gasteiger partial charge is 0.191 e. The van der Waals surface area contributed by atoms with E-state index >= 15 is 0 Å². The van der Waals surface area contributed by atoms with E-state index in [9.17, 15) is 0 Å². The summed E-state index contributed by atoms with van der Waals surface area (Å²) in [6.07, 6.45) is 2.33. The van der Waals surface area contributed by atoms with Crippen molar-refractivity contribution in [2.75, 3.05) is 40.0 Å². The summed E-state index contributed by atoms with van der Waals surface area (Å²) in [6.45, 7) is 11.6. The number of methoxy groups -OCH3 is 1. The predicted molar refractivity (Wildman–Crippen MR) is 127 cm³/mol. The van der Waals surface area contributed by atoms with E-state index in [-0.39, 0.29) is 24.0 Å². The SMILES string of the molecule is CCNC(=NCc1ccc(OCCOC)cc1)NC1CCN(C(C)C)CC1.I. The van der Waals surface area contributed by atoms with E-state index in [1.807, 2.05) is 12.1 Å². The lowest BCUT2D eigenvalue weighted by Gasteiger charge is -2.35. The lowest BCUT2D eigenvalue weighted by Crippen LogP contribution is -2.49. The molecule has 0 unspecified atom stereocenters. The van der Waals surface area contributed by atoms with Crippen LogP contribution in [0.5, 0.6) is 5.75 Å². The molecule has 160 valence electrons. The molecule has 0 saturated carbocycles. The molecule has 1 heterocycles. The Morgan fingerprint density at radius 1 is 1.18 bits per heavy atom. The number of guanidine groups is 1. The summed E-state index contributed by atoms with van der Waals surface area (Å²) in [7, 11) is 1.67. The van der Waals surface area contributed by atoms with Gasteiger partial charge < -0.3 is 25.0 Å². The van der Waals surface area contributed by atoms with Crippen molar-refractivity contribution in [3.8, 4) is 5.75 Å². The normalized spacial score (nSPS) is 16.0. The van der Waals surface area contributed by atoms with E-state index in [1.54, 1.807) is 7.11 Å². The topological polar surface area (TPSA) is 58.1 Å². The molecule has 1 fully saturated rings. The minimum absolute atomic E-state index is 0. The molecule has 0 radical (unpaired) electrons. The van der Waals surface area contributed by atoms with Crippen molar-refractivity contribution in [2.24, 2.45) is 4.99 Å². The Morgan fingerprint density at radius 2 is 1.86 bits per heavy atom. The van der Waals surface area contributed by atoms with Gasteiger partial charge in [0.2, 0.25) is 0 Å². The van der Waals surface area contributed by atoms with Crippen LogP contribution in [-0.4, -0.2) is 62.9 Å². The maximum absolute atomic E-state index is 5.60. The average Bonchev–Trinajstić information content (AvgIpc) is 2.68. The monoisotopic (exact) mass is 504 g/mol. The summed E-state index contributed by atoms with van der Waals surface area (Å²) in [6, 6.07) is 9.24. The zero-order valence-electron chi connectivity index (χ0n) is 17.7. The second kappa shape index (κ2) is 14.0. The van der Waals surface area contributed by atoms with E-state index in [0.29, 0.717) is 31.8 Å². The van der Waals surface area contributed by atoms with Crippen LogP contribution in [0.1, 0.15) is 39.2 Å². The van der Waals surface area contributed by atoms with Gasteiger partial charge in [0.15, 0.2) is 5.96 Å². The van der Waals surface area contributed by atoms with Gasteiger partial charge in [-0.3, -0.25) is 0 Å². The third kappa shape index (κ3) is 8.96. The van der Waals surface area contributed by atoms with Crippen molar-refractivity contribution in [3.63, 3.8) is 0 Å².